The van der Waals surface area contributed by atoms with Gasteiger partial charge in [-0.05, 0) is 37.1 Å². The van der Waals surface area contributed by atoms with Gasteiger partial charge < -0.3 is 10.5 Å². The predicted molar refractivity (Wildman–Crippen MR) is 83.7 cm³/mol. The molecule has 0 aliphatic heterocycles. The van der Waals surface area contributed by atoms with Crippen molar-refractivity contribution in [1.29, 1.82) is 0 Å². The molecule has 0 saturated carbocycles. The van der Waals surface area contributed by atoms with Gasteiger partial charge in [0, 0.05) is 5.69 Å². The Morgan fingerprint density at radius 1 is 0.947 bits per heavy atom. The second-order valence-corrected chi connectivity index (χ2v) is 5.34. The normalized spacial score (nSPS) is 10.6. The number of benzene rings is 1. The first kappa shape index (κ1) is 15.9. The van der Waals surface area contributed by atoms with Crippen molar-refractivity contribution in [2.75, 3.05) is 12.3 Å². The first-order valence-electron chi connectivity index (χ1n) is 7.73. The van der Waals surface area contributed by atoms with Gasteiger partial charge in [0.05, 0.1) is 6.61 Å². The fraction of sp³-hybridized carbons (Fsp3) is 0.647. The van der Waals surface area contributed by atoms with Crippen LogP contribution in [0.2, 0.25) is 0 Å². The van der Waals surface area contributed by atoms with E-state index >= 15 is 0 Å². The van der Waals surface area contributed by atoms with Gasteiger partial charge in [-0.2, -0.15) is 0 Å². The lowest BCUT2D eigenvalue weighted by molar-refractivity contribution is 0.304. The third kappa shape index (κ3) is 7.09. The number of hydrogen-bond donors (Lipinski definition) is 1. The molecule has 0 aromatic heterocycles. The van der Waals surface area contributed by atoms with Crippen molar-refractivity contribution in [3.63, 3.8) is 0 Å². The molecule has 2 N–H and O–H groups in total. The summed E-state index contributed by atoms with van der Waals surface area (Å²) in [5.74, 6) is 0.939. The lowest BCUT2D eigenvalue weighted by atomic mass is 10.1. The summed E-state index contributed by atoms with van der Waals surface area (Å²) < 4.78 is 5.73. The van der Waals surface area contributed by atoms with Gasteiger partial charge in [-0.1, -0.05) is 51.9 Å². The molecule has 1 aromatic rings. The smallest absolute Gasteiger partial charge is 0.119 e. The minimum Gasteiger partial charge on any atom is -0.494 e. The van der Waals surface area contributed by atoms with Crippen LogP contribution in [0.1, 0.15) is 63.9 Å². The Kier molecular flexibility index (Phi) is 8.11. The molecule has 1 aromatic carbocycles. The van der Waals surface area contributed by atoms with Crippen LogP contribution < -0.4 is 10.5 Å². The van der Waals surface area contributed by atoms with Crippen molar-refractivity contribution in [2.24, 2.45) is 0 Å². The summed E-state index contributed by atoms with van der Waals surface area (Å²) >= 11 is 0. The van der Waals surface area contributed by atoms with Crippen molar-refractivity contribution in [3.8, 4) is 5.75 Å². The van der Waals surface area contributed by atoms with Crippen LogP contribution >= 0.6 is 0 Å². The number of aryl methyl sites for hydroxylation is 1. The highest BCUT2D eigenvalue weighted by atomic mass is 16.5. The Morgan fingerprint density at radius 3 is 2.21 bits per heavy atom. The fourth-order valence-electron chi connectivity index (χ4n) is 2.16. The van der Waals surface area contributed by atoms with Gasteiger partial charge in [-0.3, -0.25) is 0 Å². The maximum atomic E-state index is 5.78. The highest BCUT2D eigenvalue weighted by Gasteiger charge is 1.98. The number of nitrogen functional groups attached to an aromatic ring is 1. The molecular formula is C17H29NO. The predicted octanol–water partition coefficient (Wildman–Crippen LogP) is 5.10. The number of hydrogen-bond acceptors (Lipinski definition) is 2. The molecule has 0 atom stereocenters. The van der Waals surface area contributed by atoms with E-state index in [1.165, 1.54) is 44.9 Å². The minimum atomic E-state index is 0.818. The van der Waals surface area contributed by atoms with Gasteiger partial charge >= 0.3 is 0 Å². The van der Waals surface area contributed by atoms with E-state index in [9.17, 15) is 0 Å². The molecule has 0 heterocycles. The van der Waals surface area contributed by atoms with Crippen LogP contribution in [0.3, 0.4) is 0 Å². The lowest BCUT2D eigenvalue weighted by Crippen LogP contribution is -1.98. The van der Waals surface area contributed by atoms with Gasteiger partial charge in [0.1, 0.15) is 5.75 Å². The topological polar surface area (TPSA) is 35.2 Å². The molecule has 0 aliphatic carbocycles. The maximum absolute atomic E-state index is 5.78. The molecule has 2 nitrogen and oxygen atoms in total. The monoisotopic (exact) mass is 263 g/mol. The number of rotatable bonds is 10. The summed E-state index contributed by atoms with van der Waals surface area (Å²) in [6.07, 6.45) is 10.7. The highest BCUT2D eigenvalue weighted by Crippen LogP contribution is 2.19. The van der Waals surface area contributed by atoms with E-state index in [1.807, 2.05) is 25.1 Å². The van der Waals surface area contributed by atoms with E-state index in [-0.39, 0.29) is 0 Å². The number of anilines is 1. The van der Waals surface area contributed by atoms with E-state index in [2.05, 4.69) is 6.92 Å². The molecule has 0 unspecified atom stereocenters. The second kappa shape index (κ2) is 9.71. The number of unbranched alkanes of at least 4 members (excludes halogenated alkanes) is 7. The molecule has 0 spiro atoms. The minimum absolute atomic E-state index is 0.818. The van der Waals surface area contributed by atoms with Crippen molar-refractivity contribution in [3.05, 3.63) is 23.8 Å². The lowest BCUT2D eigenvalue weighted by Gasteiger charge is -2.08. The average Bonchev–Trinajstić information content (AvgIpc) is 2.41. The van der Waals surface area contributed by atoms with Crippen molar-refractivity contribution < 1.29 is 4.74 Å². The van der Waals surface area contributed by atoms with Crippen LogP contribution in [0.5, 0.6) is 5.75 Å². The molecule has 0 amide bonds. The summed E-state index contributed by atoms with van der Waals surface area (Å²) in [6, 6.07) is 5.88. The van der Waals surface area contributed by atoms with Crippen molar-refractivity contribution in [1.82, 2.24) is 0 Å². The van der Waals surface area contributed by atoms with Crippen LogP contribution in [0, 0.1) is 6.92 Å². The van der Waals surface area contributed by atoms with Gasteiger partial charge in [0.25, 0.3) is 0 Å². The number of ether oxygens (including phenoxy) is 1. The van der Waals surface area contributed by atoms with Crippen LogP contribution in [0.25, 0.3) is 0 Å². The van der Waals surface area contributed by atoms with Crippen LogP contribution in [-0.4, -0.2) is 6.61 Å². The zero-order chi connectivity index (χ0) is 13.9. The Morgan fingerprint density at radius 2 is 1.58 bits per heavy atom. The maximum Gasteiger partial charge on any atom is 0.119 e. The summed E-state index contributed by atoms with van der Waals surface area (Å²) in [6.45, 7) is 5.09. The third-order valence-electron chi connectivity index (χ3n) is 3.51. The Labute approximate surface area is 118 Å². The zero-order valence-electron chi connectivity index (χ0n) is 12.6. The Bertz CT molecular complexity index is 349. The van der Waals surface area contributed by atoms with E-state index < -0.39 is 0 Å². The molecular weight excluding hydrogens is 234 g/mol. The van der Waals surface area contributed by atoms with Crippen LogP contribution in [0.4, 0.5) is 5.69 Å². The third-order valence-corrected chi connectivity index (χ3v) is 3.51. The summed E-state index contributed by atoms with van der Waals surface area (Å²) in [4.78, 5) is 0. The van der Waals surface area contributed by atoms with E-state index in [0.29, 0.717) is 0 Å². The largest absolute Gasteiger partial charge is 0.494 e. The average molecular weight is 263 g/mol. The van der Waals surface area contributed by atoms with Gasteiger partial charge in [-0.15, -0.1) is 0 Å². The first-order chi connectivity index (χ1) is 9.24. The first-order valence-corrected chi connectivity index (χ1v) is 7.73. The SMILES string of the molecule is CCCCCCCCCCOc1ccc(N)c(C)c1. The van der Waals surface area contributed by atoms with Crippen LogP contribution in [-0.2, 0) is 0 Å². The molecule has 0 radical (unpaired) electrons. The van der Waals surface area contributed by atoms with Gasteiger partial charge in [0.2, 0.25) is 0 Å². The highest BCUT2D eigenvalue weighted by molar-refractivity contribution is 5.49. The van der Waals surface area contributed by atoms with Crippen molar-refractivity contribution >= 4 is 5.69 Å². The molecule has 1 rings (SSSR count). The van der Waals surface area contributed by atoms with Gasteiger partial charge in [0.15, 0.2) is 0 Å². The van der Waals surface area contributed by atoms with Gasteiger partial charge in [-0.25, -0.2) is 0 Å². The Balaban J connectivity index is 2.00. The molecule has 19 heavy (non-hydrogen) atoms. The zero-order valence-corrected chi connectivity index (χ0v) is 12.6. The van der Waals surface area contributed by atoms with E-state index in [0.717, 1.165) is 30.0 Å². The molecule has 108 valence electrons. The molecule has 2 heteroatoms. The molecule has 0 fully saturated rings. The molecule has 0 saturated heterocycles. The second-order valence-electron chi connectivity index (χ2n) is 5.34. The molecule has 0 bridgehead atoms. The quantitative estimate of drug-likeness (QED) is 0.471. The summed E-state index contributed by atoms with van der Waals surface area (Å²) in [5.41, 5.74) is 7.70. The van der Waals surface area contributed by atoms with E-state index in [1.54, 1.807) is 0 Å². The Hall–Kier alpha value is -1.18. The standard InChI is InChI=1S/C17H29NO/c1-3-4-5-6-7-8-9-10-13-19-16-11-12-17(18)15(2)14-16/h11-12,14H,3-10,13,18H2,1-2H3. The van der Waals surface area contributed by atoms with Crippen molar-refractivity contribution in [2.45, 2.75) is 65.2 Å². The summed E-state index contributed by atoms with van der Waals surface area (Å²) in [5, 5.41) is 0. The number of nitrogens with two attached hydrogens (primary N) is 1. The summed E-state index contributed by atoms with van der Waals surface area (Å²) in [7, 11) is 0. The fourth-order valence-corrected chi connectivity index (χ4v) is 2.16. The van der Waals surface area contributed by atoms with E-state index in [4.69, 9.17) is 10.5 Å². The van der Waals surface area contributed by atoms with Crippen LogP contribution in [0.15, 0.2) is 18.2 Å². The molecule has 0 aliphatic rings.